The van der Waals surface area contributed by atoms with Gasteiger partial charge in [0.05, 0.1) is 5.52 Å². The minimum absolute atomic E-state index is 0.461. The number of anilines is 1. The van der Waals surface area contributed by atoms with E-state index in [9.17, 15) is 0 Å². The zero-order valence-electron chi connectivity index (χ0n) is 15.2. The Balaban J connectivity index is 1.62. The lowest BCUT2D eigenvalue weighted by molar-refractivity contribution is 0.219. The van der Waals surface area contributed by atoms with Gasteiger partial charge in [-0.3, -0.25) is 4.98 Å². The summed E-state index contributed by atoms with van der Waals surface area (Å²) in [6.45, 7) is 5.76. The molecule has 3 aromatic rings. The average molecular weight is 347 g/mol. The summed E-state index contributed by atoms with van der Waals surface area (Å²) in [5.74, 6) is 1.66. The maximum absolute atomic E-state index is 4.84. The Hall–Kier alpha value is -2.53. The molecule has 3 heterocycles. The molecule has 1 aliphatic heterocycles. The first-order valence-corrected chi connectivity index (χ1v) is 9.49. The summed E-state index contributed by atoms with van der Waals surface area (Å²) in [5, 5.41) is 4.78. The number of para-hydroxylation sites is 1. The number of rotatable bonds is 5. The molecule has 0 spiro atoms. The van der Waals surface area contributed by atoms with E-state index in [1.165, 1.54) is 13.0 Å². The number of aromatic nitrogens is 3. The second kappa shape index (κ2) is 7.79. The van der Waals surface area contributed by atoms with E-state index >= 15 is 0 Å². The first-order valence-electron chi connectivity index (χ1n) is 9.49. The van der Waals surface area contributed by atoms with Crippen LogP contribution < -0.4 is 5.32 Å². The van der Waals surface area contributed by atoms with E-state index in [-0.39, 0.29) is 0 Å². The van der Waals surface area contributed by atoms with Crippen LogP contribution in [0.5, 0.6) is 0 Å². The molecule has 4 rings (SSSR count). The van der Waals surface area contributed by atoms with Crippen LogP contribution in [-0.4, -0.2) is 45.5 Å². The van der Waals surface area contributed by atoms with Gasteiger partial charge in [0.15, 0.2) is 5.82 Å². The first-order chi connectivity index (χ1) is 12.8. The Morgan fingerprint density at radius 2 is 1.92 bits per heavy atom. The summed E-state index contributed by atoms with van der Waals surface area (Å²) in [4.78, 5) is 16.3. The van der Waals surface area contributed by atoms with Crippen LogP contribution in [-0.2, 0) is 0 Å². The normalized spacial score (nSPS) is 16.0. The molecule has 26 heavy (non-hydrogen) atoms. The lowest BCUT2D eigenvalue weighted by Gasteiger charge is -2.32. The molecule has 1 aromatic carbocycles. The lowest BCUT2D eigenvalue weighted by Crippen LogP contribution is -2.39. The Bertz CT molecular complexity index is 857. The monoisotopic (exact) mass is 347 g/mol. The van der Waals surface area contributed by atoms with E-state index in [0.29, 0.717) is 6.04 Å². The predicted octanol–water partition coefficient (Wildman–Crippen LogP) is 3.98. The third kappa shape index (κ3) is 3.68. The van der Waals surface area contributed by atoms with Crippen molar-refractivity contribution in [2.75, 3.05) is 25.0 Å². The summed E-state index contributed by atoms with van der Waals surface area (Å²) in [6, 6.07) is 12.6. The number of nitrogens with zero attached hydrogens (tertiary/aromatic N) is 4. The van der Waals surface area contributed by atoms with Crippen molar-refractivity contribution in [3.05, 3.63) is 48.8 Å². The van der Waals surface area contributed by atoms with Gasteiger partial charge >= 0.3 is 0 Å². The lowest BCUT2D eigenvalue weighted by atomic mass is 10.0. The first kappa shape index (κ1) is 16.9. The molecule has 0 radical (unpaired) electrons. The SMILES string of the molecule is CCCN1CCC(Nc2nc(-c3cccnc3)nc3ccccc23)CC1. The van der Waals surface area contributed by atoms with Crippen LogP contribution >= 0.6 is 0 Å². The van der Waals surface area contributed by atoms with Crippen LogP contribution in [0.4, 0.5) is 5.82 Å². The number of hydrogen-bond donors (Lipinski definition) is 1. The second-order valence-electron chi connectivity index (χ2n) is 6.91. The molecule has 1 fully saturated rings. The Kier molecular flexibility index (Phi) is 5.07. The quantitative estimate of drug-likeness (QED) is 0.757. The fourth-order valence-electron chi connectivity index (χ4n) is 3.62. The third-order valence-corrected chi connectivity index (χ3v) is 4.99. The van der Waals surface area contributed by atoms with Gasteiger partial charge in [-0.15, -0.1) is 0 Å². The van der Waals surface area contributed by atoms with E-state index in [4.69, 9.17) is 9.97 Å². The van der Waals surface area contributed by atoms with Crippen LogP contribution in [0.15, 0.2) is 48.8 Å². The fourth-order valence-corrected chi connectivity index (χ4v) is 3.62. The molecule has 0 saturated carbocycles. The molecule has 1 saturated heterocycles. The standard InChI is InChI=1S/C21H25N5/c1-2-12-26-13-9-17(10-14-26)23-21-18-7-3-4-8-19(18)24-20(25-21)16-6-5-11-22-15-16/h3-8,11,15,17H,2,9-10,12-14H2,1H3,(H,23,24,25). The van der Waals surface area contributed by atoms with E-state index in [1.54, 1.807) is 6.20 Å². The van der Waals surface area contributed by atoms with Crippen LogP contribution in [0.25, 0.3) is 22.3 Å². The summed E-state index contributed by atoms with van der Waals surface area (Å²) >= 11 is 0. The topological polar surface area (TPSA) is 53.9 Å². The van der Waals surface area contributed by atoms with E-state index in [0.717, 1.165) is 54.0 Å². The third-order valence-electron chi connectivity index (χ3n) is 4.99. The van der Waals surface area contributed by atoms with Crippen LogP contribution in [0.3, 0.4) is 0 Å². The molecular formula is C21H25N5. The average Bonchev–Trinajstić information content (AvgIpc) is 2.70. The van der Waals surface area contributed by atoms with E-state index in [2.05, 4.69) is 28.2 Å². The van der Waals surface area contributed by atoms with Gasteiger partial charge in [-0.25, -0.2) is 9.97 Å². The van der Waals surface area contributed by atoms with E-state index < -0.39 is 0 Å². The number of benzene rings is 1. The van der Waals surface area contributed by atoms with Crippen molar-refractivity contribution in [2.24, 2.45) is 0 Å². The summed E-state index contributed by atoms with van der Waals surface area (Å²) < 4.78 is 0. The van der Waals surface area contributed by atoms with Crippen molar-refractivity contribution in [1.29, 1.82) is 0 Å². The minimum atomic E-state index is 0.461. The van der Waals surface area contributed by atoms with Crippen LogP contribution in [0.1, 0.15) is 26.2 Å². The van der Waals surface area contributed by atoms with Gasteiger partial charge in [-0.1, -0.05) is 19.1 Å². The fraction of sp³-hybridized carbons (Fsp3) is 0.381. The number of likely N-dealkylation sites (tertiary alicyclic amines) is 1. The van der Waals surface area contributed by atoms with Gasteiger partial charge < -0.3 is 10.2 Å². The number of piperidine rings is 1. The highest BCUT2D eigenvalue weighted by Gasteiger charge is 2.20. The molecule has 0 unspecified atom stereocenters. The number of fused-ring (bicyclic) bond motifs is 1. The highest BCUT2D eigenvalue weighted by atomic mass is 15.1. The highest BCUT2D eigenvalue weighted by Crippen LogP contribution is 2.26. The molecule has 1 aliphatic rings. The van der Waals surface area contributed by atoms with Crippen molar-refractivity contribution < 1.29 is 0 Å². The molecule has 0 amide bonds. The van der Waals surface area contributed by atoms with Crippen molar-refractivity contribution >= 4 is 16.7 Å². The number of pyridine rings is 1. The predicted molar refractivity (Wildman–Crippen MR) is 106 cm³/mol. The van der Waals surface area contributed by atoms with Gasteiger partial charge in [-0.2, -0.15) is 0 Å². The van der Waals surface area contributed by atoms with Gasteiger partial charge in [0, 0.05) is 42.5 Å². The smallest absolute Gasteiger partial charge is 0.163 e. The largest absolute Gasteiger partial charge is 0.367 e. The van der Waals surface area contributed by atoms with Gasteiger partial charge in [0.25, 0.3) is 0 Å². The molecule has 2 aromatic heterocycles. The Labute approximate surface area is 154 Å². The molecule has 134 valence electrons. The van der Waals surface area contributed by atoms with Crippen LogP contribution in [0.2, 0.25) is 0 Å². The highest BCUT2D eigenvalue weighted by molar-refractivity contribution is 5.90. The Morgan fingerprint density at radius 1 is 1.08 bits per heavy atom. The van der Waals surface area contributed by atoms with Gasteiger partial charge in [0.1, 0.15) is 5.82 Å². The number of hydrogen-bond acceptors (Lipinski definition) is 5. The zero-order valence-corrected chi connectivity index (χ0v) is 15.2. The zero-order chi connectivity index (χ0) is 17.8. The molecule has 0 aliphatic carbocycles. The van der Waals surface area contributed by atoms with E-state index in [1.807, 2.05) is 36.5 Å². The maximum atomic E-state index is 4.84. The van der Waals surface area contributed by atoms with Crippen molar-refractivity contribution in [2.45, 2.75) is 32.2 Å². The van der Waals surface area contributed by atoms with Crippen molar-refractivity contribution in [3.63, 3.8) is 0 Å². The summed E-state index contributed by atoms with van der Waals surface area (Å²) in [5.41, 5.74) is 1.91. The molecule has 5 heteroatoms. The number of nitrogens with one attached hydrogen (secondary N) is 1. The molecule has 1 N–H and O–H groups in total. The van der Waals surface area contributed by atoms with Gasteiger partial charge in [-0.05, 0) is 50.1 Å². The molecule has 0 bridgehead atoms. The Morgan fingerprint density at radius 3 is 2.69 bits per heavy atom. The van der Waals surface area contributed by atoms with Crippen LogP contribution in [0, 0.1) is 0 Å². The maximum Gasteiger partial charge on any atom is 0.163 e. The molecule has 5 nitrogen and oxygen atoms in total. The second-order valence-corrected chi connectivity index (χ2v) is 6.91. The summed E-state index contributed by atoms with van der Waals surface area (Å²) in [7, 11) is 0. The van der Waals surface area contributed by atoms with Gasteiger partial charge in [0.2, 0.25) is 0 Å². The minimum Gasteiger partial charge on any atom is -0.367 e. The summed E-state index contributed by atoms with van der Waals surface area (Å²) in [6.07, 6.45) is 7.12. The molecule has 0 atom stereocenters. The molecular weight excluding hydrogens is 322 g/mol. The van der Waals surface area contributed by atoms with Crippen molar-refractivity contribution in [3.8, 4) is 11.4 Å². The van der Waals surface area contributed by atoms with Crippen molar-refractivity contribution in [1.82, 2.24) is 19.9 Å².